The van der Waals surface area contributed by atoms with Gasteiger partial charge in [0.25, 0.3) is 5.85 Å². The topological polar surface area (TPSA) is 104 Å². The van der Waals surface area contributed by atoms with Gasteiger partial charge in [-0.3, -0.25) is 4.57 Å². The van der Waals surface area contributed by atoms with Crippen LogP contribution < -0.4 is 10.1 Å². The monoisotopic (exact) mass is 829 g/mol. The number of nitrogens with one attached hydrogen (secondary N) is 1. The summed E-state index contributed by atoms with van der Waals surface area (Å²) in [5, 5.41) is 14.5. The molecule has 312 valence electrons. The van der Waals surface area contributed by atoms with E-state index in [9.17, 15) is 5.11 Å². The van der Waals surface area contributed by atoms with Gasteiger partial charge in [0.15, 0.2) is 29.2 Å². The molecule has 1 fully saturated rings. The summed E-state index contributed by atoms with van der Waals surface area (Å²) in [4.78, 5) is 14.4. The zero-order valence-electron chi connectivity index (χ0n) is 34.2. The van der Waals surface area contributed by atoms with E-state index in [1.807, 2.05) is 189 Å². The van der Waals surface area contributed by atoms with Crippen LogP contribution in [0.4, 0.5) is 14.7 Å². The van der Waals surface area contributed by atoms with Crippen molar-refractivity contribution in [2.75, 3.05) is 18.5 Å². The van der Waals surface area contributed by atoms with Crippen molar-refractivity contribution >= 4 is 17.1 Å². The van der Waals surface area contributed by atoms with Crippen molar-refractivity contribution in [3.63, 3.8) is 0 Å². The molecule has 8 aromatic rings. The van der Waals surface area contributed by atoms with E-state index in [4.69, 9.17) is 24.2 Å². The maximum atomic E-state index is 18.3. The summed E-state index contributed by atoms with van der Waals surface area (Å²) >= 11 is 0. The lowest BCUT2D eigenvalue weighted by atomic mass is 9.77. The molecule has 11 heteroatoms. The van der Waals surface area contributed by atoms with Crippen molar-refractivity contribution in [3.05, 3.63) is 222 Å². The molecule has 0 unspecified atom stereocenters. The summed E-state index contributed by atoms with van der Waals surface area (Å²) in [6, 6.07) is 57.6. The second-order valence-electron chi connectivity index (χ2n) is 15.4. The van der Waals surface area contributed by atoms with Crippen LogP contribution >= 0.6 is 0 Å². The van der Waals surface area contributed by atoms with Gasteiger partial charge in [-0.05, 0) is 47.2 Å². The fourth-order valence-corrected chi connectivity index (χ4v) is 8.77. The van der Waals surface area contributed by atoms with Crippen molar-refractivity contribution in [3.8, 4) is 5.88 Å². The fourth-order valence-electron chi connectivity index (χ4n) is 8.77. The smallest absolute Gasteiger partial charge is 0.264 e. The number of fused-ring (bicyclic) bond motifs is 1. The van der Waals surface area contributed by atoms with E-state index >= 15 is 8.78 Å². The van der Waals surface area contributed by atoms with Crippen molar-refractivity contribution in [1.29, 1.82) is 0 Å². The van der Waals surface area contributed by atoms with Gasteiger partial charge in [-0.1, -0.05) is 182 Å². The van der Waals surface area contributed by atoms with E-state index in [0.29, 0.717) is 16.7 Å². The molecule has 62 heavy (non-hydrogen) atoms. The van der Waals surface area contributed by atoms with Gasteiger partial charge < -0.3 is 24.6 Å². The van der Waals surface area contributed by atoms with Crippen LogP contribution in [-0.2, 0) is 20.6 Å². The number of rotatable bonds is 14. The summed E-state index contributed by atoms with van der Waals surface area (Å²) in [5.41, 5.74) is -0.414. The first-order valence-electron chi connectivity index (χ1n) is 20.6. The van der Waals surface area contributed by atoms with Gasteiger partial charge in [-0.15, -0.1) is 0 Å². The molecule has 9 rings (SSSR count). The number of alkyl halides is 2. The predicted molar refractivity (Wildman–Crippen MR) is 234 cm³/mol. The highest BCUT2D eigenvalue weighted by Gasteiger charge is 2.67. The number of ether oxygens (including phenoxy) is 3. The minimum absolute atomic E-state index is 0.101. The highest BCUT2D eigenvalue weighted by molar-refractivity contribution is 5.78. The molecule has 9 nitrogen and oxygen atoms in total. The molecule has 0 spiro atoms. The van der Waals surface area contributed by atoms with E-state index < -0.39 is 41.6 Å². The molecule has 1 aliphatic rings. The van der Waals surface area contributed by atoms with E-state index in [0.717, 1.165) is 16.7 Å². The Bertz CT molecular complexity index is 2540. The lowest BCUT2D eigenvalue weighted by Gasteiger charge is -2.42. The van der Waals surface area contributed by atoms with Crippen LogP contribution in [0.3, 0.4) is 0 Å². The molecule has 3 heterocycles. The second-order valence-corrected chi connectivity index (χ2v) is 15.4. The Balaban J connectivity index is 1.20. The third-order valence-electron chi connectivity index (χ3n) is 11.6. The van der Waals surface area contributed by atoms with E-state index in [2.05, 4.69) is 10.3 Å². The van der Waals surface area contributed by atoms with Gasteiger partial charge >= 0.3 is 0 Å². The van der Waals surface area contributed by atoms with Gasteiger partial charge in [0.2, 0.25) is 11.8 Å². The first kappa shape index (κ1) is 40.6. The van der Waals surface area contributed by atoms with Gasteiger partial charge in [0.1, 0.15) is 17.7 Å². The summed E-state index contributed by atoms with van der Waals surface area (Å²) in [5.74, 6) is -2.80. The largest absolute Gasteiger partial charge is 0.476 e. The van der Waals surface area contributed by atoms with E-state index in [1.165, 1.54) is 17.8 Å². The van der Waals surface area contributed by atoms with Crippen molar-refractivity contribution < 1.29 is 28.1 Å². The third-order valence-corrected chi connectivity index (χ3v) is 11.6. The van der Waals surface area contributed by atoms with Crippen LogP contribution in [0.1, 0.15) is 53.5 Å². The van der Waals surface area contributed by atoms with Crippen molar-refractivity contribution in [2.24, 2.45) is 0 Å². The SMILES string of the molecule is CCOc1nc(NC(c2ccccc2)(c2ccccc2)c2ccccc2)nc2c1ncn2[C@@H]1O[C@](F)(CO)[C@@H](OC(c2ccccc2)(c2ccccc2)c2ccccc2)[C@@]1(C)F. The Hall–Kier alpha value is -6.79. The highest BCUT2D eigenvalue weighted by atomic mass is 19.2. The maximum absolute atomic E-state index is 18.3. The molecule has 2 aromatic heterocycles. The fraction of sp³-hybridized carbons (Fsp3) is 0.196. The molecule has 4 atom stereocenters. The number of aliphatic hydroxyl groups is 1. The maximum Gasteiger partial charge on any atom is 0.264 e. The van der Waals surface area contributed by atoms with Crippen LogP contribution in [0.2, 0.25) is 0 Å². The minimum Gasteiger partial charge on any atom is -0.476 e. The quantitative estimate of drug-likeness (QED) is 0.105. The average Bonchev–Trinajstić information content (AvgIpc) is 3.83. The Morgan fingerprint density at radius 3 is 1.48 bits per heavy atom. The predicted octanol–water partition coefficient (Wildman–Crippen LogP) is 9.92. The Labute approximate surface area is 358 Å². The number of hydrogen-bond acceptors (Lipinski definition) is 8. The van der Waals surface area contributed by atoms with Crippen molar-refractivity contribution in [1.82, 2.24) is 19.5 Å². The lowest BCUT2D eigenvalue weighted by Crippen LogP contribution is -2.53. The molecule has 0 amide bonds. The number of nitrogens with zero attached hydrogens (tertiary/aromatic N) is 4. The number of hydrogen-bond donors (Lipinski definition) is 2. The van der Waals surface area contributed by atoms with Crippen LogP contribution in [0.25, 0.3) is 11.2 Å². The molecular weight excluding hydrogens is 785 g/mol. The number of halogens is 2. The van der Waals surface area contributed by atoms with E-state index in [1.54, 1.807) is 0 Å². The van der Waals surface area contributed by atoms with Gasteiger partial charge in [0, 0.05) is 0 Å². The van der Waals surface area contributed by atoms with Crippen LogP contribution in [0, 0.1) is 0 Å². The summed E-state index contributed by atoms with van der Waals surface area (Å²) in [6.45, 7) is 2.05. The van der Waals surface area contributed by atoms with Gasteiger partial charge in [0.05, 0.1) is 12.9 Å². The zero-order chi connectivity index (χ0) is 42.8. The van der Waals surface area contributed by atoms with Gasteiger partial charge in [-0.25, -0.2) is 13.8 Å². The van der Waals surface area contributed by atoms with Crippen LogP contribution in [0.5, 0.6) is 5.88 Å². The number of benzene rings is 6. The van der Waals surface area contributed by atoms with Crippen LogP contribution in [0.15, 0.2) is 188 Å². The lowest BCUT2D eigenvalue weighted by molar-refractivity contribution is -0.232. The highest BCUT2D eigenvalue weighted by Crippen LogP contribution is 2.54. The molecule has 0 saturated carbocycles. The summed E-state index contributed by atoms with van der Waals surface area (Å²) in [7, 11) is 0. The molecule has 0 aliphatic carbocycles. The average molecular weight is 830 g/mol. The second kappa shape index (κ2) is 16.6. The normalized spacial score (nSPS) is 20.3. The molecule has 1 saturated heterocycles. The minimum atomic E-state index is -3.05. The molecule has 6 aromatic carbocycles. The summed E-state index contributed by atoms with van der Waals surface area (Å²) in [6.07, 6.45) is -2.42. The zero-order valence-corrected chi connectivity index (χ0v) is 34.2. The molecule has 2 N–H and O–H groups in total. The standard InChI is InChI=1S/C51H45F2N5O4/c1-3-60-44-42-43(55-47(56-44)57-50(36-22-10-4-11-23-36,37-24-12-5-13-25-37)38-26-14-6-15-27-38)58(35-54-42)46-48(2,52)45(49(53,34-59)62-46)61-51(39-28-16-7-17-29-39,40-30-18-8-19-31-40)41-32-20-9-21-33-41/h4-33,35,45-46,59H,3,34H2,1-2H3,(H,55,56,57)/t45-,46+,48+,49+/m0/s1. The number of aliphatic hydroxyl groups excluding tert-OH is 1. The van der Waals surface area contributed by atoms with Gasteiger partial charge in [-0.2, -0.15) is 9.97 Å². The van der Waals surface area contributed by atoms with Crippen LogP contribution in [-0.4, -0.2) is 55.5 Å². The number of imidazole rings is 1. The Morgan fingerprint density at radius 1 is 0.661 bits per heavy atom. The third kappa shape index (κ3) is 6.88. The Kier molecular flexibility index (Phi) is 10.9. The molecule has 0 bridgehead atoms. The number of anilines is 1. The number of aromatic nitrogens is 4. The van der Waals surface area contributed by atoms with Crippen molar-refractivity contribution in [2.45, 2.75) is 48.8 Å². The molecule has 0 radical (unpaired) electrons. The molecule has 1 aliphatic heterocycles. The summed E-state index contributed by atoms with van der Waals surface area (Å²) < 4.78 is 56.4. The Morgan fingerprint density at radius 2 is 1.08 bits per heavy atom. The molecular formula is C51H45F2N5O4. The first-order valence-corrected chi connectivity index (χ1v) is 20.6. The first-order chi connectivity index (χ1) is 30.2. The van der Waals surface area contributed by atoms with E-state index in [-0.39, 0.29) is 29.6 Å².